The topological polar surface area (TPSA) is 32.3 Å². The molecule has 1 heterocycles. The number of nitrogens with zero attached hydrogens (tertiary/aromatic N) is 1. The van der Waals surface area contributed by atoms with E-state index < -0.39 is 0 Å². The van der Waals surface area contributed by atoms with Crippen molar-refractivity contribution < 1.29 is 4.79 Å². The molecule has 3 nitrogen and oxygen atoms in total. The molecule has 1 saturated heterocycles. The predicted octanol–water partition coefficient (Wildman–Crippen LogP) is 1.22. The zero-order valence-corrected chi connectivity index (χ0v) is 9.98. The van der Waals surface area contributed by atoms with Crippen LogP contribution >= 0.6 is 0 Å². The van der Waals surface area contributed by atoms with Gasteiger partial charge in [-0.05, 0) is 5.56 Å². The minimum atomic E-state index is 0.123. The Morgan fingerprint density at radius 1 is 1.24 bits per heavy atom. The van der Waals surface area contributed by atoms with Gasteiger partial charge >= 0.3 is 0 Å². The first-order valence-corrected chi connectivity index (χ1v) is 5.99. The molecule has 0 aliphatic carbocycles. The average molecular weight is 230 g/mol. The highest BCUT2D eigenvalue weighted by Crippen LogP contribution is 2.09. The fraction of sp³-hybridized carbons (Fsp3) is 0.357. The summed E-state index contributed by atoms with van der Waals surface area (Å²) in [5.41, 5.74) is 1.70. The van der Waals surface area contributed by atoms with E-state index in [4.69, 9.17) is 0 Å². The highest BCUT2D eigenvalue weighted by Gasteiger charge is 2.17. The van der Waals surface area contributed by atoms with Crippen LogP contribution in [0.3, 0.4) is 0 Å². The van der Waals surface area contributed by atoms with Crippen LogP contribution < -0.4 is 5.32 Å². The van der Waals surface area contributed by atoms with Crippen molar-refractivity contribution in [3.8, 4) is 0 Å². The molecule has 0 saturated carbocycles. The van der Waals surface area contributed by atoms with Gasteiger partial charge in [0, 0.05) is 32.6 Å². The number of Topliss-reactive ketones (excluding diaryl/α,β-unsaturated/α-hetero) is 1. The third kappa shape index (κ3) is 3.17. The minimum absolute atomic E-state index is 0.123. The van der Waals surface area contributed by atoms with E-state index >= 15 is 0 Å². The van der Waals surface area contributed by atoms with E-state index in [0.717, 1.165) is 31.7 Å². The smallest absolute Gasteiger partial charge is 0.182 e. The third-order valence-electron chi connectivity index (χ3n) is 3.03. The van der Waals surface area contributed by atoms with Crippen molar-refractivity contribution >= 4 is 5.78 Å². The highest BCUT2D eigenvalue weighted by molar-refractivity contribution is 5.95. The number of hydrogen-bond donors (Lipinski definition) is 1. The van der Waals surface area contributed by atoms with Gasteiger partial charge in [-0.1, -0.05) is 36.9 Å². The number of nitrogens with one attached hydrogen (secondary N) is 1. The number of carbonyl (C=O) groups is 1. The second-order valence-electron chi connectivity index (χ2n) is 4.27. The van der Waals surface area contributed by atoms with Crippen LogP contribution in [-0.2, 0) is 11.2 Å². The molecule has 1 aromatic rings. The molecule has 0 bridgehead atoms. The quantitative estimate of drug-likeness (QED) is 0.789. The standard InChI is InChI=1S/C14H18N2O/c1-12(16-9-7-15-8-10-16)14(17)11-13-5-3-2-4-6-13/h2-6,15H,1,7-11H2. The van der Waals surface area contributed by atoms with Crippen molar-refractivity contribution in [2.45, 2.75) is 6.42 Å². The van der Waals surface area contributed by atoms with Crippen LogP contribution in [0, 0.1) is 0 Å². The average Bonchev–Trinajstić information content (AvgIpc) is 2.40. The third-order valence-corrected chi connectivity index (χ3v) is 3.03. The van der Waals surface area contributed by atoms with Gasteiger partial charge in [-0.15, -0.1) is 0 Å². The van der Waals surface area contributed by atoms with E-state index in [1.165, 1.54) is 0 Å². The summed E-state index contributed by atoms with van der Waals surface area (Å²) in [6.45, 7) is 7.53. The Labute approximate surface area is 102 Å². The molecule has 17 heavy (non-hydrogen) atoms. The van der Waals surface area contributed by atoms with Gasteiger partial charge in [0.1, 0.15) is 0 Å². The maximum atomic E-state index is 12.1. The zero-order chi connectivity index (χ0) is 12.1. The monoisotopic (exact) mass is 230 g/mol. The van der Waals surface area contributed by atoms with Crippen molar-refractivity contribution in [2.75, 3.05) is 26.2 Å². The van der Waals surface area contributed by atoms with Gasteiger partial charge in [0.15, 0.2) is 5.78 Å². The Kier molecular flexibility index (Phi) is 3.94. The molecule has 0 radical (unpaired) electrons. The Hall–Kier alpha value is -1.61. The van der Waals surface area contributed by atoms with E-state index in [1.807, 2.05) is 30.3 Å². The van der Waals surface area contributed by atoms with Crippen LogP contribution in [0.1, 0.15) is 5.56 Å². The zero-order valence-electron chi connectivity index (χ0n) is 9.98. The number of ketones is 1. The summed E-state index contributed by atoms with van der Waals surface area (Å²) in [4.78, 5) is 14.1. The number of hydrogen-bond acceptors (Lipinski definition) is 3. The first-order chi connectivity index (χ1) is 8.27. The van der Waals surface area contributed by atoms with Crippen molar-refractivity contribution in [1.82, 2.24) is 10.2 Å². The van der Waals surface area contributed by atoms with Crippen molar-refractivity contribution in [3.63, 3.8) is 0 Å². The van der Waals surface area contributed by atoms with Crippen LogP contribution in [0.2, 0.25) is 0 Å². The van der Waals surface area contributed by atoms with Crippen LogP contribution in [0.25, 0.3) is 0 Å². The summed E-state index contributed by atoms with van der Waals surface area (Å²) in [7, 11) is 0. The van der Waals surface area contributed by atoms with E-state index in [1.54, 1.807) is 0 Å². The van der Waals surface area contributed by atoms with Crippen molar-refractivity contribution in [1.29, 1.82) is 0 Å². The van der Waals surface area contributed by atoms with Crippen LogP contribution in [0.15, 0.2) is 42.6 Å². The van der Waals surface area contributed by atoms with Gasteiger partial charge in [0.2, 0.25) is 0 Å². The molecule has 1 aliphatic rings. The number of allylic oxidation sites excluding steroid dienone is 1. The van der Waals surface area contributed by atoms with Gasteiger partial charge < -0.3 is 10.2 Å². The van der Waals surface area contributed by atoms with Crippen LogP contribution in [0.5, 0.6) is 0 Å². The molecule has 3 heteroatoms. The number of piperazine rings is 1. The summed E-state index contributed by atoms with van der Waals surface area (Å²) in [6.07, 6.45) is 0.448. The molecule has 0 amide bonds. The SMILES string of the molecule is C=C(C(=O)Cc1ccccc1)N1CCNCC1. The molecule has 0 unspecified atom stereocenters. The largest absolute Gasteiger partial charge is 0.367 e. The summed E-state index contributed by atoms with van der Waals surface area (Å²) in [6, 6.07) is 9.82. The Morgan fingerprint density at radius 2 is 1.88 bits per heavy atom. The second kappa shape index (κ2) is 5.64. The Morgan fingerprint density at radius 3 is 2.53 bits per heavy atom. The lowest BCUT2D eigenvalue weighted by Crippen LogP contribution is -2.44. The molecule has 1 N–H and O–H groups in total. The highest BCUT2D eigenvalue weighted by atomic mass is 16.1. The van der Waals surface area contributed by atoms with Crippen LogP contribution in [0.4, 0.5) is 0 Å². The van der Waals surface area contributed by atoms with Gasteiger partial charge in [-0.2, -0.15) is 0 Å². The van der Waals surface area contributed by atoms with Gasteiger partial charge in [-0.3, -0.25) is 4.79 Å². The second-order valence-corrected chi connectivity index (χ2v) is 4.27. The number of benzene rings is 1. The Bertz CT molecular complexity index is 394. The summed E-state index contributed by atoms with van der Waals surface area (Å²) >= 11 is 0. The molecule has 90 valence electrons. The molecular formula is C14H18N2O. The fourth-order valence-corrected chi connectivity index (χ4v) is 1.99. The molecule has 0 aromatic heterocycles. The first kappa shape index (κ1) is 11.9. The summed E-state index contributed by atoms with van der Waals surface area (Å²) in [5.74, 6) is 0.123. The molecule has 1 aromatic carbocycles. The van der Waals surface area contributed by atoms with E-state index in [0.29, 0.717) is 12.1 Å². The number of carbonyl (C=O) groups excluding carboxylic acids is 1. The molecule has 0 spiro atoms. The molecule has 1 fully saturated rings. The lowest BCUT2D eigenvalue weighted by Gasteiger charge is -2.30. The molecule has 2 rings (SSSR count). The fourth-order valence-electron chi connectivity index (χ4n) is 1.99. The normalized spacial score (nSPS) is 15.6. The maximum absolute atomic E-state index is 12.1. The van der Waals surface area contributed by atoms with Gasteiger partial charge in [-0.25, -0.2) is 0 Å². The van der Waals surface area contributed by atoms with Gasteiger partial charge in [0.25, 0.3) is 0 Å². The van der Waals surface area contributed by atoms with Crippen molar-refractivity contribution in [2.24, 2.45) is 0 Å². The van der Waals surface area contributed by atoms with Crippen LogP contribution in [-0.4, -0.2) is 36.9 Å². The number of rotatable bonds is 4. The summed E-state index contributed by atoms with van der Waals surface area (Å²) in [5, 5.41) is 3.26. The lowest BCUT2D eigenvalue weighted by atomic mass is 10.1. The van der Waals surface area contributed by atoms with E-state index in [2.05, 4.69) is 16.8 Å². The lowest BCUT2D eigenvalue weighted by molar-refractivity contribution is -0.116. The van der Waals surface area contributed by atoms with E-state index in [-0.39, 0.29) is 5.78 Å². The van der Waals surface area contributed by atoms with E-state index in [9.17, 15) is 4.79 Å². The van der Waals surface area contributed by atoms with Crippen molar-refractivity contribution in [3.05, 3.63) is 48.2 Å². The van der Waals surface area contributed by atoms with Gasteiger partial charge in [0.05, 0.1) is 5.70 Å². The Balaban J connectivity index is 1.93. The summed E-state index contributed by atoms with van der Waals surface area (Å²) < 4.78 is 0. The molecule has 0 atom stereocenters. The molecule has 1 aliphatic heterocycles. The first-order valence-electron chi connectivity index (χ1n) is 5.99. The molecular weight excluding hydrogens is 212 g/mol. The maximum Gasteiger partial charge on any atom is 0.182 e. The minimum Gasteiger partial charge on any atom is -0.367 e. The predicted molar refractivity (Wildman–Crippen MR) is 68.7 cm³/mol.